The van der Waals surface area contributed by atoms with Crippen molar-refractivity contribution >= 4 is 5.91 Å². The van der Waals surface area contributed by atoms with E-state index in [1.807, 2.05) is 30.3 Å². The highest BCUT2D eigenvalue weighted by Crippen LogP contribution is 2.28. The van der Waals surface area contributed by atoms with Crippen LogP contribution >= 0.6 is 0 Å². The molecule has 1 saturated carbocycles. The Kier molecular flexibility index (Phi) is 5.40. The predicted octanol–water partition coefficient (Wildman–Crippen LogP) is 3.34. The highest BCUT2D eigenvalue weighted by atomic mass is 16.2. The topological polar surface area (TPSA) is 55.1 Å². The molecule has 21 heavy (non-hydrogen) atoms. The lowest BCUT2D eigenvalue weighted by Crippen LogP contribution is -2.52. The van der Waals surface area contributed by atoms with E-state index in [-0.39, 0.29) is 11.9 Å². The minimum Gasteiger partial charge on any atom is -0.351 e. The largest absolute Gasteiger partial charge is 0.351 e. The summed E-state index contributed by atoms with van der Waals surface area (Å²) in [7, 11) is 0. The SMILES string of the molecule is CCCC1CCC(NC(=O)C(C)(N)c2ccccc2)CC1. The van der Waals surface area contributed by atoms with Crippen molar-refractivity contribution in [2.75, 3.05) is 0 Å². The van der Waals surface area contributed by atoms with Gasteiger partial charge in [0, 0.05) is 6.04 Å². The van der Waals surface area contributed by atoms with Crippen LogP contribution in [0.4, 0.5) is 0 Å². The smallest absolute Gasteiger partial charge is 0.244 e. The number of carbonyl (C=O) groups excluding carboxylic acids is 1. The fourth-order valence-electron chi connectivity index (χ4n) is 3.25. The Bertz CT molecular complexity index is 448. The molecule has 1 aromatic carbocycles. The maximum absolute atomic E-state index is 12.5. The molecule has 0 aliphatic heterocycles. The van der Waals surface area contributed by atoms with E-state index in [1.54, 1.807) is 6.92 Å². The zero-order valence-corrected chi connectivity index (χ0v) is 13.3. The van der Waals surface area contributed by atoms with E-state index in [0.717, 1.165) is 24.3 Å². The number of hydrogen-bond acceptors (Lipinski definition) is 2. The van der Waals surface area contributed by atoms with E-state index in [2.05, 4.69) is 12.2 Å². The van der Waals surface area contributed by atoms with Gasteiger partial charge in [-0.25, -0.2) is 0 Å². The summed E-state index contributed by atoms with van der Waals surface area (Å²) in [6.45, 7) is 4.04. The molecule has 3 heteroatoms. The maximum atomic E-state index is 12.5. The summed E-state index contributed by atoms with van der Waals surface area (Å²) in [5.74, 6) is 0.786. The van der Waals surface area contributed by atoms with E-state index < -0.39 is 5.54 Å². The van der Waals surface area contributed by atoms with Gasteiger partial charge in [-0.3, -0.25) is 4.79 Å². The average molecular weight is 288 g/mol. The molecule has 1 amide bonds. The summed E-state index contributed by atoms with van der Waals surface area (Å²) in [5, 5.41) is 3.16. The first-order chi connectivity index (χ1) is 10.0. The van der Waals surface area contributed by atoms with Crippen molar-refractivity contribution in [3.63, 3.8) is 0 Å². The van der Waals surface area contributed by atoms with Crippen LogP contribution in [0.5, 0.6) is 0 Å². The third-order valence-electron chi connectivity index (χ3n) is 4.72. The van der Waals surface area contributed by atoms with Gasteiger partial charge in [0.1, 0.15) is 5.54 Å². The van der Waals surface area contributed by atoms with Gasteiger partial charge in [-0.2, -0.15) is 0 Å². The Balaban J connectivity index is 1.90. The van der Waals surface area contributed by atoms with Crippen LogP contribution in [0.3, 0.4) is 0 Å². The van der Waals surface area contributed by atoms with E-state index in [0.29, 0.717) is 0 Å². The van der Waals surface area contributed by atoms with E-state index >= 15 is 0 Å². The molecule has 1 fully saturated rings. The molecule has 1 aliphatic carbocycles. The van der Waals surface area contributed by atoms with Gasteiger partial charge in [0.2, 0.25) is 5.91 Å². The molecule has 2 rings (SSSR count). The fraction of sp³-hybridized carbons (Fsp3) is 0.611. The zero-order chi connectivity index (χ0) is 15.3. The lowest BCUT2D eigenvalue weighted by molar-refractivity contribution is -0.127. The molecule has 0 saturated heterocycles. The molecule has 0 heterocycles. The molecular formula is C18H28N2O. The van der Waals surface area contributed by atoms with Crippen molar-refractivity contribution in [2.45, 2.75) is 64.0 Å². The minimum absolute atomic E-state index is 0.0624. The number of hydrogen-bond donors (Lipinski definition) is 2. The molecule has 0 radical (unpaired) electrons. The molecule has 1 aliphatic rings. The Labute approximate surface area is 128 Å². The summed E-state index contributed by atoms with van der Waals surface area (Å²) >= 11 is 0. The van der Waals surface area contributed by atoms with Crippen molar-refractivity contribution in [3.8, 4) is 0 Å². The molecule has 3 N–H and O–H groups in total. The molecule has 116 valence electrons. The first kappa shape index (κ1) is 16.0. The van der Waals surface area contributed by atoms with Gasteiger partial charge < -0.3 is 11.1 Å². The molecule has 3 nitrogen and oxygen atoms in total. The average Bonchev–Trinajstić information content (AvgIpc) is 2.50. The molecule has 0 bridgehead atoms. The number of nitrogens with two attached hydrogens (primary N) is 1. The summed E-state index contributed by atoms with van der Waals surface area (Å²) in [6.07, 6.45) is 7.20. The van der Waals surface area contributed by atoms with Crippen LogP contribution in [0.1, 0.15) is 57.9 Å². The number of carbonyl (C=O) groups is 1. The zero-order valence-electron chi connectivity index (χ0n) is 13.3. The summed E-state index contributed by atoms with van der Waals surface area (Å²) in [6, 6.07) is 9.90. The summed E-state index contributed by atoms with van der Waals surface area (Å²) in [4.78, 5) is 12.5. The Morgan fingerprint density at radius 2 is 1.86 bits per heavy atom. The van der Waals surface area contributed by atoms with Gasteiger partial charge in [0.25, 0.3) is 0 Å². The minimum atomic E-state index is -0.957. The molecule has 1 unspecified atom stereocenters. The van der Waals surface area contributed by atoms with Crippen molar-refractivity contribution in [3.05, 3.63) is 35.9 Å². The van der Waals surface area contributed by atoms with Crippen LogP contribution in [0.2, 0.25) is 0 Å². The van der Waals surface area contributed by atoms with Crippen LogP contribution in [0.25, 0.3) is 0 Å². The predicted molar refractivity (Wildman–Crippen MR) is 86.8 cm³/mol. The molecule has 0 spiro atoms. The highest BCUT2D eigenvalue weighted by Gasteiger charge is 2.32. The van der Waals surface area contributed by atoms with Crippen molar-refractivity contribution in [1.82, 2.24) is 5.32 Å². The second-order valence-corrected chi connectivity index (χ2v) is 6.55. The quantitative estimate of drug-likeness (QED) is 0.873. The Hall–Kier alpha value is -1.35. The molecular weight excluding hydrogens is 260 g/mol. The molecule has 0 aromatic heterocycles. The number of amides is 1. The van der Waals surface area contributed by atoms with Crippen LogP contribution in [-0.2, 0) is 10.3 Å². The number of nitrogens with one attached hydrogen (secondary N) is 1. The van der Waals surface area contributed by atoms with Crippen LogP contribution in [0, 0.1) is 5.92 Å². The lowest BCUT2D eigenvalue weighted by atomic mass is 9.83. The van der Waals surface area contributed by atoms with Gasteiger partial charge in [-0.1, -0.05) is 50.1 Å². The fourth-order valence-corrected chi connectivity index (χ4v) is 3.25. The van der Waals surface area contributed by atoms with Gasteiger partial charge in [0.05, 0.1) is 0 Å². The number of benzene rings is 1. The van der Waals surface area contributed by atoms with Crippen molar-refractivity contribution in [1.29, 1.82) is 0 Å². The van der Waals surface area contributed by atoms with E-state index in [1.165, 1.54) is 25.7 Å². The normalized spacial score (nSPS) is 25.1. The first-order valence-electron chi connectivity index (χ1n) is 8.19. The third kappa shape index (κ3) is 4.07. The van der Waals surface area contributed by atoms with Gasteiger partial charge >= 0.3 is 0 Å². The van der Waals surface area contributed by atoms with E-state index in [4.69, 9.17) is 5.73 Å². The maximum Gasteiger partial charge on any atom is 0.244 e. The third-order valence-corrected chi connectivity index (χ3v) is 4.72. The van der Waals surface area contributed by atoms with Crippen LogP contribution < -0.4 is 11.1 Å². The Morgan fingerprint density at radius 1 is 1.24 bits per heavy atom. The second-order valence-electron chi connectivity index (χ2n) is 6.55. The number of rotatable bonds is 5. The highest BCUT2D eigenvalue weighted by molar-refractivity contribution is 5.87. The van der Waals surface area contributed by atoms with Crippen LogP contribution in [0.15, 0.2) is 30.3 Å². The molecule has 1 atom stereocenters. The molecule has 1 aromatic rings. The van der Waals surface area contributed by atoms with Gasteiger partial charge in [-0.05, 0) is 44.1 Å². The summed E-state index contributed by atoms with van der Waals surface area (Å²) in [5.41, 5.74) is 6.17. The van der Waals surface area contributed by atoms with Crippen molar-refractivity contribution in [2.24, 2.45) is 11.7 Å². The monoisotopic (exact) mass is 288 g/mol. The van der Waals surface area contributed by atoms with Gasteiger partial charge in [0.15, 0.2) is 0 Å². The first-order valence-corrected chi connectivity index (χ1v) is 8.19. The van der Waals surface area contributed by atoms with Crippen LogP contribution in [-0.4, -0.2) is 11.9 Å². The standard InChI is InChI=1S/C18H28N2O/c1-3-7-14-10-12-16(13-11-14)20-17(21)18(2,19)15-8-5-4-6-9-15/h4-6,8-9,14,16H,3,7,10-13,19H2,1-2H3,(H,20,21). The lowest BCUT2D eigenvalue weighted by Gasteiger charge is -2.32. The van der Waals surface area contributed by atoms with E-state index in [9.17, 15) is 4.79 Å². The second kappa shape index (κ2) is 7.08. The van der Waals surface area contributed by atoms with Crippen molar-refractivity contribution < 1.29 is 4.79 Å². The Morgan fingerprint density at radius 3 is 2.43 bits per heavy atom. The van der Waals surface area contributed by atoms with Gasteiger partial charge in [-0.15, -0.1) is 0 Å². The summed E-state index contributed by atoms with van der Waals surface area (Å²) < 4.78 is 0.